The van der Waals surface area contributed by atoms with Gasteiger partial charge in [0.05, 0.1) is 5.39 Å². The Hall–Kier alpha value is -2.99. The summed E-state index contributed by atoms with van der Waals surface area (Å²) in [6.07, 6.45) is 5.39. The molecule has 1 unspecified atom stereocenters. The maximum atomic E-state index is 13.1. The summed E-state index contributed by atoms with van der Waals surface area (Å²) in [5, 5.41) is 0.469. The van der Waals surface area contributed by atoms with Crippen LogP contribution in [0.1, 0.15) is 39.2 Å². The van der Waals surface area contributed by atoms with E-state index in [0.717, 1.165) is 12.0 Å². The van der Waals surface area contributed by atoms with Crippen LogP contribution < -0.4 is 20.9 Å². The second kappa shape index (κ2) is 9.01. The SMILES string of the molecule is CCCc1cc2c(=O)c(-c3cccc[nH+]3)coc2cc1OC(=O)C([NH3+])CC(C)C. The summed E-state index contributed by atoms with van der Waals surface area (Å²) in [7, 11) is 0. The van der Waals surface area contributed by atoms with E-state index in [4.69, 9.17) is 9.15 Å². The Kier molecular flexibility index (Phi) is 6.44. The van der Waals surface area contributed by atoms with Crippen LogP contribution in [-0.2, 0) is 11.2 Å². The minimum absolute atomic E-state index is 0.126. The third-order valence-corrected chi connectivity index (χ3v) is 4.77. The van der Waals surface area contributed by atoms with Crippen molar-refractivity contribution in [2.24, 2.45) is 5.92 Å². The van der Waals surface area contributed by atoms with Crippen LogP contribution in [0.3, 0.4) is 0 Å². The molecule has 0 spiro atoms. The average molecular weight is 396 g/mol. The Balaban J connectivity index is 2.03. The molecule has 0 saturated heterocycles. The van der Waals surface area contributed by atoms with E-state index in [1.54, 1.807) is 18.3 Å². The summed E-state index contributed by atoms with van der Waals surface area (Å²) in [4.78, 5) is 28.6. The Morgan fingerprint density at radius 2 is 2.07 bits per heavy atom. The zero-order valence-corrected chi connectivity index (χ0v) is 17.2. The number of aromatic nitrogens is 1. The van der Waals surface area contributed by atoms with E-state index >= 15 is 0 Å². The molecule has 1 atom stereocenters. The summed E-state index contributed by atoms with van der Waals surface area (Å²) in [6, 6.07) is 8.50. The molecule has 3 rings (SSSR count). The first-order valence-corrected chi connectivity index (χ1v) is 10.0. The second-order valence-electron chi connectivity index (χ2n) is 7.71. The number of carbonyl (C=O) groups excluding carboxylic acids is 1. The van der Waals surface area contributed by atoms with Crippen LogP contribution in [0.25, 0.3) is 22.2 Å². The van der Waals surface area contributed by atoms with Gasteiger partial charge in [-0.3, -0.25) is 4.79 Å². The van der Waals surface area contributed by atoms with Crippen molar-refractivity contribution in [1.29, 1.82) is 0 Å². The fourth-order valence-electron chi connectivity index (χ4n) is 3.37. The first-order chi connectivity index (χ1) is 13.9. The third-order valence-electron chi connectivity index (χ3n) is 4.77. The monoisotopic (exact) mass is 396 g/mol. The van der Waals surface area contributed by atoms with Crippen molar-refractivity contribution >= 4 is 16.9 Å². The number of aryl methyl sites for hydroxylation is 1. The molecule has 1 aromatic carbocycles. The molecule has 6 heteroatoms. The number of ether oxygens (including phenoxy) is 1. The van der Waals surface area contributed by atoms with Gasteiger partial charge in [-0.25, -0.2) is 9.78 Å². The van der Waals surface area contributed by atoms with Crippen molar-refractivity contribution in [1.82, 2.24) is 0 Å². The molecule has 0 amide bonds. The van der Waals surface area contributed by atoms with Gasteiger partial charge < -0.3 is 14.9 Å². The quantitative estimate of drug-likeness (QED) is 0.490. The molecule has 0 aliphatic heterocycles. The largest absolute Gasteiger partial charge is 0.463 e. The van der Waals surface area contributed by atoms with Crippen LogP contribution >= 0.6 is 0 Å². The third kappa shape index (κ3) is 4.71. The van der Waals surface area contributed by atoms with Crippen molar-refractivity contribution in [3.63, 3.8) is 0 Å². The fraction of sp³-hybridized carbons (Fsp3) is 0.348. The lowest BCUT2D eigenvalue weighted by Crippen LogP contribution is -2.66. The zero-order chi connectivity index (χ0) is 21.0. The number of carbonyl (C=O) groups is 1. The standard InChI is InChI=1S/C23H26N2O4/c1-4-7-15-11-16-21(12-20(15)29-23(27)18(24)10-14(2)3)28-13-17(22(16)26)19-8-5-6-9-25-19/h5-6,8-9,11-14,18H,4,7,10,24H2,1-3H3/p+2. The molecule has 0 saturated carbocycles. The van der Waals surface area contributed by atoms with Crippen LogP contribution in [0.5, 0.6) is 5.75 Å². The van der Waals surface area contributed by atoms with Crippen LogP contribution in [-0.4, -0.2) is 12.0 Å². The Bertz CT molecular complexity index is 1060. The lowest BCUT2D eigenvalue weighted by molar-refractivity contribution is -0.409. The van der Waals surface area contributed by atoms with E-state index in [9.17, 15) is 9.59 Å². The van der Waals surface area contributed by atoms with E-state index in [1.165, 1.54) is 6.26 Å². The van der Waals surface area contributed by atoms with Gasteiger partial charge in [0.15, 0.2) is 12.2 Å². The van der Waals surface area contributed by atoms with Gasteiger partial charge in [-0.2, -0.15) is 0 Å². The first-order valence-electron chi connectivity index (χ1n) is 10.0. The van der Waals surface area contributed by atoms with E-state index in [2.05, 4.69) is 10.7 Å². The number of H-pyrrole nitrogens is 1. The number of rotatable bonds is 7. The van der Waals surface area contributed by atoms with Crippen molar-refractivity contribution in [3.8, 4) is 17.0 Å². The van der Waals surface area contributed by atoms with Gasteiger partial charge >= 0.3 is 5.97 Å². The Morgan fingerprint density at radius 3 is 2.72 bits per heavy atom. The predicted octanol–water partition coefficient (Wildman–Crippen LogP) is 2.79. The topological polar surface area (TPSA) is 98.3 Å². The Labute approximate surface area is 169 Å². The number of quaternary nitrogens is 1. The molecule has 2 aromatic heterocycles. The molecular weight excluding hydrogens is 368 g/mol. The van der Waals surface area contributed by atoms with Crippen LogP contribution in [0.15, 0.2) is 52.0 Å². The minimum atomic E-state index is -0.442. The van der Waals surface area contributed by atoms with Crippen LogP contribution in [0.2, 0.25) is 0 Å². The molecule has 4 N–H and O–H groups in total. The fourth-order valence-corrected chi connectivity index (χ4v) is 3.37. The number of benzene rings is 1. The van der Waals surface area contributed by atoms with E-state index in [0.29, 0.717) is 46.7 Å². The smallest absolute Gasteiger partial charge is 0.370 e. The number of hydrogen-bond donors (Lipinski definition) is 1. The van der Waals surface area contributed by atoms with E-state index < -0.39 is 6.04 Å². The van der Waals surface area contributed by atoms with Crippen molar-refractivity contribution in [2.45, 2.75) is 46.1 Å². The molecule has 6 nitrogen and oxygen atoms in total. The summed E-state index contributed by atoms with van der Waals surface area (Å²) >= 11 is 0. The lowest BCUT2D eigenvalue weighted by atomic mass is 10.0. The predicted molar refractivity (Wildman–Crippen MR) is 110 cm³/mol. The second-order valence-corrected chi connectivity index (χ2v) is 7.71. The van der Waals surface area contributed by atoms with E-state index in [1.807, 2.05) is 39.0 Å². The first kappa shape index (κ1) is 20.7. The maximum Gasteiger partial charge on any atom is 0.370 e. The Morgan fingerprint density at radius 1 is 1.28 bits per heavy atom. The average Bonchev–Trinajstić information content (AvgIpc) is 2.69. The molecule has 3 aromatic rings. The van der Waals surface area contributed by atoms with Gasteiger partial charge in [0.2, 0.25) is 11.1 Å². The number of fused-ring (bicyclic) bond motifs is 1. The van der Waals surface area contributed by atoms with Gasteiger partial charge in [-0.05, 0) is 30.0 Å². The van der Waals surface area contributed by atoms with Gasteiger partial charge in [-0.15, -0.1) is 0 Å². The van der Waals surface area contributed by atoms with Crippen molar-refractivity contribution < 1.29 is 24.7 Å². The van der Waals surface area contributed by atoms with Gasteiger partial charge in [0.1, 0.15) is 23.2 Å². The van der Waals surface area contributed by atoms with Crippen molar-refractivity contribution in [3.05, 3.63) is 58.6 Å². The minimum Gasteiger partial charge on any atom is -0.463 e. The number of nitrogens with one attached hydrogen (secondary N) is 1. The molecule has 2 heterocycles. The van der Waals surface area contributed by atoms with Gasteiger partial charge in [0.25, 0.3) is 0 Å². The summed E-state index contributed by atoms with van der Waals surface area (Å²) in [5.74, 6) is 0.417. The van der Waals surface area contributed by atoms with E-state index in [-0.39, 0.29) is 11.4 Å². The molecular formula is C23H28N2O4+2. The maximum absolute atomic E-state index is 13.1. The molecule has 29 heavy (non-hydrogen) atoms. The van der Waals surface area contributed by atoms with Gasteiger partial charge in [0, 0.05) is 24.6 Å². The number of hydrogen-bond acceptors (Lipinski definition) is 4. The molecule has 0 aliphatic rings. The highest BCUT2D eigenvalue weighted by atomic mass is 16.5. The number of aromatic amines is 1. The van der Waals surface area contributed by atoms with Gasteiger partial charge in [-0.1, -0.05) is 27.2 Å². The normalized spacial score (nSPS) is 12.3. The highest BCUT2D eigenvalue weighted by Crippen LogP contribution is 2.28. The molecule has 0 fully saturated rings. The van der Waals surface area contributed by atoms with Crippen LogP contribution in [0.4, 0.5) is 0 Å². The molecule has 0 bridgehead atoms. The highest BCUT2D eigenvalue weighted by molar-refractivity contribution is 5.84. The molecule has 0 radical (unpaired) electrons. The number of esters is 1. The van der Waals surface area contributed by atoms with Crippen molar-refractivity contribution in [2.75, 3.05) is 0 Å². The summed E-state index contributed by atoms with van der Waals surface area (Å²) in [6.45, 7) is 6.12. The summed E-state index contributed by atoms with van der Waals surface area (Å²) in [5.41, 5.74) is 6.14. The molecule has 152 valence electrons. The molecule has 0 aliphatic carbocycles. The highest BCUT2D eigenvalue weighted by Gasteiger charge is 2.23. The lowest BCUT2D eigenvalue weighted by Gasteiger charge is -2.14. The van der Waals surface area contributed by atoms with Crippen LogP contribution in [0, 0.1) is 5.92 Å². The zero-order valence-electron chi connectivity index (χ0n) is 17.2. The summed E-state index contributed by atoms with van der Waals surface area (Å²) < 4.78 is 11.4. The number of pyridine rings is 1.